The fourth-order valence-electron chi connectivity index (χ4n) is 3.47. The number of halogens is 1. The van der Waals surface area contributed by atoms with Gasteiger partial charge in [-0.2, -0.15) is 4.91 Å². The quantitative estimate of drug-likeness (QED) is 0.446. The van der Waals surface area contributed by atoms with Gasteiger partial charge in [0.1, 0.15) is 12.1 Å². The zero-order valence-corrected chi connectivity index (χ0v) is 18.2. The smallest absolute Gasteiger partial charge is 0.257 e. The van der Waals surface area contributed by atoms with E-state index in [1.165, 1.54) is 19.2 Å². The minimum Gasteiger partial charge on any atom is -0.494 e. The fraction of sp³-hybridized carbons (Fsp3) is 0.280. The molecule has 8 heteroatoms. The van der Waals surface area contributed by atoms with Crippen molar-refractivity contribution < 1.29 is 18.7 Å². The molecule has 1 saturated carbocycles. The number of hydrogen-bond acceptors (Lipinski definition) is 6. The molecule has 0 bridgehead atoms. The predicted molar refractivity (Wildman–Crippen MR) is 122 cm³/mol. The number of nitrogens with zero attached hydrogens (tertiary/aromatic N) is 2. The Hall–Kier alpha value is -3.81. The van der Waals surface area contributed by atoms with Crippen LogP contribution >= 0.6 is 0 Å². The molecule has 170 valence electrons. The Morgan fingerprint density at radius 3 is 2.76 bits per heavy atom. The molecule has 2 aromatic carbocycles. The summed E-state index contributed by atoms with van der Waals surface area (Å²) in [6.45, 7) is 0.639. The highest BCUT2D eigenvalue weighted by Gasteiger charge is 2.24. The lowest BCUT2D eigenvalue weighted by molar-refractivity contribution is 0.0945. The van der Waals surface area contributed by atoms with E-state index in [2.05, 4.69) is 15.5 Å². The highest BCUT2D eigenvalue weighted by molar-refractivity contribution is 5.97. The summed E-state index contributed by atoms with van der Waals surface area (Å²) < 4.78 is 24.8. The maximum atomic E-state index is 14.0. The number of rotatable bonds is 10. The Labute approximate surface area is 190 Å². The maximum Gasteiger partial charge on any atom is 0.257 e. The SMILES string of the molecule is COc1ccc(CNC(=O)c2cc(-c3ccccc3CN=O)cnc2OCC2CC2)cc1F. The van der Waals surface area contributed by atoms with Gasteiger partial charge in [-0.3, -0.25) is 4.79 Å². The van der Waals surface area contributed by atoms with Gasteiger partial charge in [-0.05, 0) is 53.6 Å². The van der Waals surface area contributed by atoms with E-state index < -0.39 is 11.7 Å². The molecule has 33 heavy (non-hydrogen) atoms. The first kappa shape index (κ1) is 22.4. The molecule has 0 radical (unpaired) electrons. The summed E-state index contributed by atoms with van der Waals surface area (Å²) in [7, 11) is 1.40. The van der Waals surface area contributed by atoms with Crippen LogP contribution in [0, 0.1) is 16.6 Å². The number of benzene rings is 2. The van der Waals surface area contributed by atoms with Crippen molar-refractivity contribution >= 4 is 5.91 Å². The third kappa shape index (κ3) is 5.52. The standard InChI is InChI=1S/C25H24FN3O4/c1-32-23-9-8-17(10-22(23)26)12-27-24(30)21-11-19(13-28-25(21)33-15-16-6-7-16)20-5-3-2-4-18(20)14-29-31/h2-5,8-11,13,16H,6-7,12,14-15H2,1H3,(H,27,30). The van der Waals surface area contributed by atoms with Crippen LogP contribution in [0.2, 0.25) is 0 Å². The van der Waals surface area contributed by atoms with Gasteiger partial charge in [0, 0.05) is 18.3 Å². The van der Waals surface area contributed by atoms with E-state index in [1.807, 2.05) is 24.3 Å². The summed E-state index contributed by atoms with van der Waals surface area (Å²) in [6.07, 6.45) is 3.84. The second kappa shape index (κ2) is 10.2. The second-order valence-electron chi connectivity index (χ2n) is 7.93. The van der Waals surface area contributed by atoms with Crippen LogP contribution < -0.4 is 14.8 Å². The van der Waals surface area contributed by atoms with Crippen molar-refractivity contribution in [2.45, 2.75) is 25.9 Å². The average molecular weight is 449 g/mol. The first-order valence-electron chi connectivity index (χ1n) is 10.7. The van der Waals surface area contributed by atoms with Crippen molar-refractivity contribution in [2.75, 3.05) is 13.7 Å². The van der Waals surface area contributed by atoms with Gasteiger partial charge in [-0.15, -0.1) is 0 Å². The van der Waals surface area contributed by atoms with Crippen molar-refractivity contribution in [1.29, 1.82) is 0 Å². The van der Waals surface area contributed by atoms with Crippen LogP contribution in [0.25, 0.3) is 11.1 Å². The topological polar surface area (TPSA) is 89.9 Å². The van der Waals surface area contributed by atoms with E-state index in [9.17, 15) is 14.1 Å². The summed E-state index contributed by atoms with van der Waals surface area (Å²) in [5.41, 5.74) is 3.05. The Bertz CT molecular complexity index is 1160. The van der Waals surface area contributed by atoms with Crippen molar-refractivity contribution in [3.63, 3.8) is 0 Å². The summed E-state index contributed by atoms with van der Waals surface area (Å²) in [5.74, 6) is -0.0144. The van der Waals surface area contributed by atoms with E-state index in [0.717, 1.165) is 24.0 Å². The number of carbonyl (C=O) groups is 1. The Balaban J connectivity index is 1.59. The summed E-state index contributed by atoms with van der Waals surface area (Å²) in [6, 6.07) is 13.6. The number of hydrogen-bond donors (Lipinski definition) is 1. The molecule has 1 amide bonds. The number of amides is 1. The largest absolute Gasteiger partial charge is 0.494 e. The lowest BCUT2D eigenvalue weighted by atomic mass is 9.99. The Kier molecular flexibility index (Phi) is 6.92. The molecule has 0 atom stereocenters. The fourth-order valence-corrected chi connectivity index (χ4v) is 3.47. The molecule has 1 aliphatic rings. The van der Waals surface area contributed by atoms with Gasteiger partial charge < -0.3 is 14.8 Å². The number of nitroso groups, excluding NO2 is 1. The lowest BCUT2D eigenvalue weighted by Crippen LogP contribution is -2.24. The number of nitrogens with one attached hydrogen (secondary N) is 1. The molecule has 0 saturated heterocycles. The highest BCUT2D eigenvalue weighted by Crippen LogP contribution is 2.32. The second-order valence-corrected chi connectivity index (χ2v) is 7.93. The van der Waals surface area contributed by atoms with Gasteiger partial charge in [0.05, 0.1) is 13.7 Å². The molecule has 0 spiro atoms. The first-order valence-corrected chi connectivity index (χ1v) is 10.7. The van der Waals surface area contributed by atoms with Crippen molar-refractivity contribution in [3.8, 4) is 22.8 Å². The van der Waals surface area contributed by atoms with E-state index in [1.54, 1.807) is 18.3 Å². The Morgan fingerprint density at radius 2 is 2.03 bits per heavy atom. The number of ether oxygens (including phenoxy) is 2. The summed E-state index contributed by atoms with van der Waals surface area (Å²) in [5, 5.41) is 5.80. The first-order chi connectivity index (χ1) is 16.1. The van der Waals surface area contributed by atoms with Crippen LogP contribution in [0.15, 0.2) is 59.9 Å². The molecule has 4 rings (SSSR count). The third-order valence-corrected chi connectivity index (χ3v) is 5.48. The number of carbonyl (C=O) groups excluding carboxylic acids is 1. The van der Waals surface area contributed by atoms with Gasteiger partial charge in [0.2, 0.25) is 5.88 Å². The van der Waals surface area contributed by atoms with E-state index >= 15 is 0 Å². The maximum absolute atomic E-state index is 14.0. The van der Waals surface area contributed by atoms with E-state index in [-0.39, 0.29) is 30.3 Å². The molecule has 1 aliphatic carbocycles. The van der Waals surface area contributed by atoms with Gasteiger partial charge in [0.25, 0.3) is 5.91 Å². The van der Waals surface area contributed by atoms with Gasteiger partial charge in [0.15, 0.2) is 11.6 Å². The minimum atomic E-state index is -0.498. The molecular weight excluding hydrogens is 425 g/mol. The van der Waals surface area contributed by atoms with Crippen molar-refractivity contribution in [3.05, 3.63) is 82.1 Å². The number of methoxy groups -OCH3 is 1. The predicted octanol–water partition coefficient (Wildman–Crippen LogP) is 4.88. The van der Waals surface area contributed by atoms with E-state index in [4.69, 9.17) is 9.47 Å². The van der Waals surface area contributed by atoms with Gasteiger partial charge in [-0.1, -0.05) is 35.5 Å². The van der Waals surface area contributed by atoms with Crippen LogP contribution in [0.4, 0.5) is 4.39 Å². The van der Waals surface area contributed by atoms with Crippen LogP contribution in [0.3, 0.4) is 0 Å². The zero-order chi connectivity index (χ0) is 23.2. The summed E-state index contributed by atoms with van der Waals surface area (Å²) in [4.78, 5) is 28.3. The van der Waals surface area contributed by atoms with Crippen LogP contribution in [-0.2, 0) is 13.1 Å². The molecule has 7 nitrogen and oxygen atoms in total. The molecule has 0 unspecified atom stereocenters. The van der Waals surface area contributed by atoms with Crippen LogP contribution in [-0.4, -0.2) is 24.6 Å². The lowest BCUT2D eigenvalue weighted by Gasteiger charge is -2.14. The number of pyridine rings is 1. The average Bonchev–Trinajstić information content (AvgIpc) is 3.66. The molecular formula is C25H24FN3O4. The minimum absolute atomic E-state index is 0.0146. The Morgan fingerprint density at radius 1 is 1.21 bits per heavy atom. The van der Waals surface area contributed by atoms with Gasteiger partial charge >= 0.3 is 0 Å². The molecule has 1 fully saturated rings. The third-order valence-electron chi connectivity index (χ3n) is 5.48. The molecule has 3 aromatic rings. The monoisotopic (exact) mass is 449 g/mol. The van der Waals surface area contributed by atoms with Gasteiger partial charge in [-0.25, -0.2) is 9.37 Å². The molecule has 0 aliphatic heterocycles. The molecule has 1 N–H and O–H groups in total. The van der Waals surface area contributed by atoms with Crippen molar-refractivity contribution in [1.82, 2.24) is 10.3 Å². The molecule has 1 aromatic heterocycles. The van der Waals surface area contributed by atoms with E-state index in [0.29, 0.717) is 23.7 Å². The van der Waals surface area contributed by atoms with Crippen LogP contribution in [0.1, 0.15) is 34.3 Å². The normalized spacial score (nSPS) is 12.8. The van der Waals surface area contributed by atoms with Crippen molar-refractivity contribution in [2.24, 2.45) is 11.1 Å². The van der Waals surface area contributed by atoms with Crippen LogP contribution in [0.5, 0.6) is 11.6 Å². The summed E-state index contributed by atoms with van der Waals surface area (Å²) >= 11 is 0. The molecule has 1 heterocycles. The number of aromatic nitrogens is 1. The zero-order valence-electron chi connectivity index (χ0n) is 18.2. The highest BCUT2D eigenvalue weighted by atomic mass is 19.1.